The van der Waals surface area contributed by atoms with E-state index < -0.39 is 0 Å². The highest BCUT2D eigenvalue weighted by Gasteiger charge is 2.29. The molecule has 19 heavy (non-hydrogen) atoms. The second-order valence-corrected chi connectivity index (χ2v) is 8.08. The van der Waals surface area contributed by atoms with E-state index in [4.69, 9.17) is 0 Å². The fourth-order valence-electron chi connectivity index (χ4n) is 3.30. The third-order valence-corrected chi connectivity index (χ3v) is 5.12. The van der Waals surface area contributed by atoms with Gasteiger partial charge in [0.25, 0.3) is 0 Å². The molecule has 2 N–H and O–H groups in total. The van der Waals surface area contributed by atoms with Crippen LogP contribution in [0.3, 0.4) is 0 Å². The molecule has 0 spiro atoms. The van der Waals surface area contributed by atoms with Crippen molar-refractivity contribution in [2.75, 3.05) is 13.1 Å². The molecule has 2 nitrogen and oxygen atoms in total. The largest absolute Gasteiger partial charge is 0.313 e. The number of nitrogens with one attached hydrogen (secondary N) is 2. The van der Waals surface area contributed by atoms with Gasteiger partial charge in [-0.1, -0.05) is 20.8 Å². The van der Waals surface area contributed by atoms with Gasteiger partial charge in [-0.25, -0.2) is 0 Å². The van der Waals surface area contributed by atoms with Crippen LogP contribution in [0.5, 0.6) is 0 Å². The Hall–Kier alpha value is -0.0800. The molecule has 0 aliphatic heterocycles. The summed E-state index contributed by atoms with van der Waals surface area (Å²) >= 11 is 0. The van der Waals surface area contributed by atoms with Gasteiger partial charge in [-0.15, -0.1) is 0 Å². The Labute approximate surface area is 120 Å². The van der Waals surface area contributed by atoms with E-state index in [1.165, 1.54) is 45.1 Å². The minimum atomic E-state index is 0.514. The maximum Gasteiger partial charge on any atom is 0.0164 e. The van der Waals surface area contributed by atoms with Crippen LogP contribution in [0, 0.1) is 17.3 Å². The average molecular weight is 266 g/mol. The first-order valence-electron chi connectivity index (χ1n) is 8.42. The first kappa shape index (κ1) is 15.3. The molecule has 0 radical (unpaired) electrons. The van der Waals surface area contributed by atoms with Crippen molar-refractivity contribution in [1.82, 2.24) is 10.6 Å². The summed E-state index contributed by atoms with van der Waals surface area (Å²) < 4.78 is 0. The molecule has 0 aromatic carbocycles. The summed E-state index contributed by atoms with van der Waals surface area (Å²) in [5, 5.41) is 7.34. The molecule has 0 aromatic rings. The van der Waals surface area contributed by atoms with E-state index in [1.54, 1.807) is 0 Å². The van der Waals surface area contributed by atoms with Crippen molar-refractivity contribution in [3.63, 3.8) is 0 Å². The standard InChI is InChI=1S/C17H34N2/c1-13(11-19-16-9-10-16)18-12-14-5-7-15(8-6-14)17(2,3)4/h13-16,18-19H,5-12H2,1-4H3. The van der Waals surface area contributed by atoms with Gasteiger partial charge in [-0.05, 0) is 69.2 Å². The van der Waals surface area contributed by atoms with E-state index in [2.05, 4.69) is 38.3 Å². The fourth-order valence-corrected chi connectivity index (χ4v) is 3.30. The highest BCUT2D eigenvalue weighted by Crippen LogP contribution is 2.39. The summed E-state index contributed by atoms with van der Waals surface area (Å²) in [6.45, 7) is 11.9. The molecule has 0 saturated heterocycles. The van der Waals surface area contributed by atoms with Crippen LogP contribution < -0.4 is 10.6 Å². The van der Waals surface area contributed by atoms with Crippen LogP contribution >= 0.6 is 0 Å². The van der Waals surface area contributed by atoms with Crippen molar-refractivity contribution < 1.29 is 0 Å². The van der Waals surface area contributed by atoms with Gasteiger partial charge < -0.3 is 10.6 Å². The molecule has 1 atom stereocenters. The maximum absolute atomic E-state index is 3.73. The van der Waals surface area contributed by atoms with Crippen molar-refractivity contribution in [3.05, 3.63) is 0 Å². The monoisotopic (exact) mass is 266 g/mol. The van der Waals surface area contributed by atoms with Crippen molar-refractivity contribution >= 4 is 0 Å². The zero-order chi connectivity index (χ0) is 13.9. The smallest absolute Gasteiger partial charge is 0.0164 e. The molecule has 2 fully saturated rings. The summed E-state index contributed by atoms with van der Waals surface area (Å²) in [4.78, 5) is 0. The summed E-state index contributed by atoms with van der Waals surface area (Å²) in [6.07, 6.45) is 8.51. The van der Waals surface area contributed by atoms with E-state index in [-0.39, 0.29) is 0 Å². The van der Waals surface area contributed by atoms with E-state index in [0.717, 1.165) is 24.4 Å². The Bertz CT molecular complexity index is 257. The molecule has 1 unspecified atom stereocenters. The molecule has 0 aromatic heterocycles. The Morgan fingerprint density at radius 3 is 2.16 bits per heavy atom. The number of rotatable bonds is 6. The molecule has 2 aliphatic carbocycles. The second-order valence-electron chi connectivity index (χ2n) is 8.08. The minimum absolute atomic E-state index is 0.514. The lowest BCUT2D eigenvalue weighted by atomic mass is 9.70. The molecule has 2 aliphatic rings. The third kappa shape index (κ3) is 5.43. The molecule has 112 valence electrons. The molecule has 2 rings (SSSR count). The van der Waals surface area contributed by atoms with Crippen molar-refractivity contribution in [2.45, 2.75) is 78.3 Å². The van der Waals surface area contributed by atoms with Crippen LogP contribution in [0.2, 0.25) is 0 Å². The van der Waals surface area contributed by atoms with E-state index >= 15 is 0 Å². The van der Waals surface area contributed by atoms with Crippen LogP contribution in [0.15, 0.2) is 0 Å². The second kappa shape index (κ2) is 6.58. The van der Waals surface area contributed by atoms with Crippen LogP contribution in [-0.2, 0) is 0 Å². The third-order valence-electron chi connectivity index (χ3n) is 5.12. The summed E-state index contributed by atoms with van der Waals surface area (Å²) in [7, 11) is 0. The van der Waals surface area contributed by atoms with Gasteiger partial charge in [-0.3, -0.25) is 0 Å². The van der Waals surface area contributed by atoms with E-state index in [9.17, 15) is 0 Å². The summed E-state index contributed by atoms with van der Waals surface area (Å²) in [6, 6.07) is 1.47. The normalized spacial score (nSPS) is 30.3. The Kier molecular flexibility index (Phi) is 5.30. The van der Waals surface area contributed by atoms with Crippen molar-refractivity contribution in [1.29, 1.82) is 0 Å². The minimum Gasteiger partial charge on any atom is -0.313 e. The molecular weight excluding hydrogens is 232 g/mol. The van der Waals surface area contributed by atoms with Gasteiger partial charge in [0.2, 0.25) is 0 Å². The van der Waals surface area contributed by atoms with Crippen LogP contribution in [0.25, 0.3) is 0 Å². The van der Waals surface area contributed by atoms with Crippen LogP contribution in [0.1, 0.15) is 66.2 Å². The highest BCUT2D eigenvalue weighted by molar-refractivity contribution is 4.84. The molecule has 2 saturated carbocycles. The van der Waals surface area contributed by atoms with Gasteiger partial charge in [-0.2, -0.15) is 0 Å². The lowest BCUT2D eigenvalue weighted by molar-refractivity contribution is 0.148. The van der Waals surface area contributed by atoms with Crippen LogP contribution in [-0.4, -0.2) is 25.2 Å². The van der Waals surface area contributed by atoms with Gasteiger partial charge in [0, 0.05) is 18.6 Å². The molecule has 0 heterocycles. The Morgan fingerprint density at radius 2 is 1.63 bits per heavy atom. The lowest BCUT2D eigenvalue weighted by Crippen LogP contribution is -2.40. The zero-order valence-corrected chi connectivity index (χ0v) is 13.5. The van der Waals surface area contributed by atoms with Crippen molar-refractivity contribution in [3.8, 4) is 0 Å². The lowest BCUT2D eigenvalue weighted by Gasteiger charge is -2.37. The molecule has 0 amide bonds. The van der Waals surface area contributed by atoms with Gasteiger partial charge >= 0.3 is 0 Å². The first-order valence-corrected chi connectivity index (χ1v) is 8.42. The fraction of sp³-hybridized carbons (Fsp3) is 1.00. The molecular formula is C17H34N2. The zero-order valence-electron chi connectivity index (χ0n) is 13.5. The van der Waals surface area contributed by atoms with Gasteiger partial charge in [0.15, 0.2) is 0 Å². The number of hydrogen-bond donors (Lipinski definition) is 2. The summed E-state index contributed by atoms with van der Waals surface area (Å²) in [5.41, 5.74) is 0.514. The maximum atomic E-state index is 3.73. The van der Waals surface area contributed by atoms with E-state index in [1.807, 2.05) is 0 Å². The van der Waals surface area contributed by atoms with E-state index in [0.29, 0.717) is 11.5 Å². The molecule has 2 heteroatoms. The summed E-state index contributed by atoms with van der Waals surface area (Å²) in [5.74, 6) is 1.86. The Morgan fingerprint density at radius 1 is 1.00 bits per heavy atom. The Balaban J connectivity index is 1.57. The van der Waals surface area contributed by atoms with Crippen LogP contribution in [0.4, 0.5) is 0 Å². The number of hydrogen-bond acceptors (Lipinski definition) is 2. The molecule has 0 bridgehead atoms. The van der Waals surface area contributed by atoms with Gasteiger partial charge in [0.05, 0.1) is 0 Å². The quantitative estimate of drug-likeness (QED) is 0.768. The average Bonchev–Trinajstić information content (AvgIpc) is 3.17. The predicted molar refractivity (Wildman–Crippen MR) is 83.4 cm³/mol. The highest BCUT2D eigenvalue weighted by atomic mass is 15.0. The topological polar surface area (TPSA) is 24.1 Å². The van der Waals surface area contributed by atoms with Gasteiger partial charge in [0.1, 0.15) is 0 Å². The van der Waals surface area contributed by atoms with Crippen molar-refractivity contribution in [2.24, 2.45) is 17.3 Å². The SMILES string of the molecule is CC(CNC1CC1)NCC1CCC(C(C)(C)C)CC1. The predicted octanol–water partition coefficient (Wildman–Crippen LogP) is 3.57. The first-order chi connectivity index (χ1) is 8.95.